The van der Waals surface area contributed by atoms with E-state index in [0.29, 0.717) is 5.88 Å². The molecule has 3 rings (SSSR count). The molecule has 0 radical (unpaired) electrons. The Labute approximate surface area is 127 Å². The van der Waals surface area contributed by atoms with E-state index < -0.39 is 0 Å². The molecule has 2 aromatic rings. The highest BCUT2D eigenvalue weighted by molar-refractivity contribution is 7.99. The average Bonchev–Trinajstić information content (AvgIpc) is 2.47. The molecule has 1 aliphatic rings. The first-order chi connectivity index (χ1) is 9.79. The van der Waals surface area contributed by atoms with Gasteiger partial charge in [-0.3, -0.25) is 0 Å². The third-order valence-corrected chi connectivity index (χ3v) is 4.75. The minimum absolute atomic E-state index is 0.189. The fourth-order valence-electron chi connectivity index (χ4n) is 2.41. The van der Waals surface area contributed by atoms with Gasteiger partial charge in [0, 0.05) is 22.2 Å². The molecule has 0 aromatic heterocycles. The van der Waals surface area contributed by atoms with Crippen molar-refractivity contribution in [3.05, 3.63) is 48.3 Å². The van der Waals surface area contributed by atoms with Crippen molar-refractivity contribution >= 4 is 34.7 Å². The van der Waals surface area contributed by atoms with E-state index in [1.807, 2.05) is 18.2 Å². The van der Waals surface area contributed by atoms with Gasteiger partial charge in [-0.1, -0.05) is 23.9 Å². The Balaban J connectivity index is 1.99. The number of rotatable bonds is 4. The molecule has 0 aliphatic carbocycles. The van der Waals surface area contributed by atoms with Gasteiger partial charge in [0.1, 0.15) is 5.82 Å². The summed E-state index contributed by atoms with van der Waals surface area (Å²) in [7, 11) is 0. The summed E-state index contributed by atoms with van der Waals surface area (Å²) in [6.07, 6.45) is 1.97. The number of benzene rings is 2. The van der Waals surface area contributed by atoms with Gasteiger partial charge >= 0.3 is 0 Å². The highest BCUT2D eigenvalue weighted by Crippen LogP contribution is 2.48. The summed E-state index contributed by atoms with van der Waals surface area (Å²) in [6.45, 7) is 0.862. The van der Waals surface area contributed by atoms with Gasteiger partial charge in [-0.25, -0.2) is 4.39 Å². The van der Waals surface area contributed by atoms with Crippen LogP contribution < -0.4 is 4.90 Å². The highest BCUT2D eigenvalue weighted by Gasteiger charge is 2.23. The maximum Gasteiger partial charge on any atom is 0.125 e. The van der Waals surface area contributed by atoms with E-state index in [0.717, 1.165) is 35.7 Å². The van der Waals surface area contributed by atoms with Crippen LogP contribution in [0.15, 0.2) is 52.3 Å². The SMILES string of the molecule is Fc1ccc2c(c1)N(CCCCCl)c1ccccc1S2. The summed E-state index contributed by atoms with van der Waals surface area (Å²) in [6, 6.07) is 13.3. The number of anilines is 2. The second-order valence-corrected chi connectivity index (χ2v) is 6.19. The lowest BCUT2D eigenvalue weighted by molar-refractivity contribution is 0.625. The normalized spacial score (nSPS) is 13.0. The minimum Gasteiger partial charge on any atom is -0.340 e. The first-order valence-electron chi connectivity index (χ1n) is 6.69. The average molecular weight is 308 g/mol. The van der Waals surface area contributed by atoms with Crippen LogP contribution in [-0.2, 0) is 0 Å². The van der Waals surface area contributed by atoms with Gasteiger partial charge in [0.25, 0.3) is 0 Å². The van der Waals surface area contributed by atoms with Crippen LogP contribution >= 0.6 is 23.4 Å². The maximum absolute atomic E-state index is 13.6. The molecule has 0 spiro atoms. The van der Waals surface area contributed by atoms with E-state index >= 15 is 0 Å². The Bertz CT molecular complexity index is 617. The molecule has 0 unspecified atom stereocenters. The van der Waals surface area contributed by atoms with E-state index in [9.17, 15) is 4.39 Å². The van der Waals surface area contributed by atoms with Gasteiger partial charge in [0.2, 0.25) is 0 Å². The van der Waals surface area contributed by atoms with Crippen molar-refractivity contribution in [1.82, 2.24) is 0 Å². The van der Waals surface area contributed by atoms with E-state index in [1.54, 1.807) is 17.8 Å². The molecule has 20 heavy (non-hydrogen) atoms. The number of fused-ring (bicyclic) bond motifs is 2. The number of nitrogens with zero attached hydrogens (tertiary/aromatic N) is 1. The van der Waals surface area contributed by atoms with Crippen LogP contribution in [0.3, 0.4) is 0 Å². The number of hydrogen-bond donors (Lipinski definition) is 0. The number of halogens is 2. The molecule has 1 heterocycles. The number of para-hydroxylation sites is 1. The molecule has 0 N–H and O–H groups in total. The summed E-state index contributed by atoms with van der Waals surface area (Å²) in [4.78, 5) is 4.53. The molecular weight excluding hydrogens is 293 g/mol. The zero-order valence-corrected chi connectivity index (χ0v) is 12.6. The third kappa shape index (κ3) is 2.65. The Kier molecular flexibility index (Phi) is 4.18. The monoisotopic (exact) mass is 307 g/mol. The minimum atomic E-state index is -0.189. The Morgan fingerprint density at radius 3 is 2.65 bits per heavy atom. The van der Waals surface area contributed by atoms with Gasteiger partial charge in [0.15, 0.2) is 0 Å². The van der Waals surface area contributed by atoms with E-state index in [4.69, 9.17) is 11.6 Å². The summed E-state index contributed by atoms with van der Waals surface area (Å²) in [5, 5.41) is 0. The lowest BCUT2D eigenvalue weighted by Crippen LogP contribution is -2.22. The van der Waals surface area contributed by atoms with Crippen LogP contribution in [0, 0.1) is 5.82 Å². The molecular formula is C16H15ClFNS. The van der Waals surface area contributed by atoms with Crippen LogP contribution in [-0.4, -0.2) is 12.4 Å². The van der Waals surface area contributed by atoms with Crippen molar-refractivity contribution in [2.24, 2.45) is 0 Å². The van der Waals surface area contributed by atoms with E-state index in [1.165, 1.54) is 11.0 Å². The first-order valence-corrected chi connectivity index (χ1v) is 8.04. The smallest absolute Gasteiger partial charge is 0.125 e. The fraction of sp³-hybridized carbons (Fsp3) is 0.250. The Morgan fingerprint density at radius 2 is 1.80 bits per heavy atom. The van der Waals surface area contributed by atoms with Crippen molar-refractivity contribution in [2.75, 3.05) is 17.3 Å². The van der Waals surface area contributed by atoms with Crippen molar-refractivity contribution in [2.45, 2.75) is 22.6 Å². The van der Waals surface area contributed by atoms with Crippen molar-refractivity contribution in [3.63, 3.8) is 0 Å². The summed E-state index contributed by atoms with van der Waals surface area (Å²) in [5.41, 5.74) is 2.12. The van der Waals surface area contributed by atoms with Gasteiger partial charge in [-0.05, 0) is 43.2 Å². The Hall–Kier alpha value is -1.19. The number of alkyl halides is 1. The molecule has 1 nitrogen and oxygen atoms in total. The van der Waals surface area contributed by atoms with Crippen LogP contribution in [0.2, 0.25) is 0 Å². The number of hydrogen-bond acceptors (Lipinski definition) is 2. The summed E-state index contributed by atoms with van der Waals surface area (Å²) in [5.74, 6) is 0.478. The standard InChI is InChI=1S/C16H15ClFNS/c17-9-3-4-10-19-13-5-1-2-6-15(13)20-16-8-7-12(18)11-14(16)19/h1-2,5-8,11H,3-4,9-10H2. The molecule has 104 valence electrons. The lowest BCUT2D eigenvalue weighted by Gasteiger charge is -2.32. The van der Waals surface area contributed by atoms with Gasteiger partial charge in [-0.15, -0.1) is 11.6 Å². The molecule has 0 fully saturated rings. The zero-order chi connectivity index (χ0) is 13.9. The quantitative estimate of drug-likeness (QED) is 0.546. The van der Waals surface area contributed by atoms with Gasteiger partial charge in [0.05, 0.1) is 11.4 Å². The zero-order valence-electron chi connectivity index (χ0n) is 11.0. The van der Waals surface area contributed by atoms with E-state index in [2.05, 4.69) is 17.0 Å². The third-order valence-electron chi connectivity index (χ3n) is 3.35. The molecule has 0 amide bonds. The van der Waals surface area contributed by atoms with Crippen LogP contribution in [0.1, 0.15) is 12.8 Å². The van der Waals surface area contributed by atoms with Crippen LogP contribution in [0.25, 0.3) is 0 Å². The summed E-state index contributed by atoms with van der Waals surface area (Å²) >= 11 is 7.46. The van der Waals surface area contributed by atoms with Gasteiger partial charge < -0.3 is 4.90 Å². The van der Waals surface area contributed by atoms with Crippen LogP contribution in [0.5, 0.6) is 0 Å². The topological polar surface area (TPSA) is 3.24 Å². The molecule has 0 saturated heterocycles. The first kappa shape index (κ1) is 13.8. The van der Waals surface area contributed by atoms with Gasteiger partial charge in [-0.2, -0.15) is 0 Å². The van der Waals surface area contributed by atoms with E-state index in [-0.39, 0.29) is 5.82 Å². The maximum atomic E-state index is 13.6. The highest BCUT2D eigenvalue weighted by atomic mass is 35.5. The second kappa shape index (κ2) is 6.06. The molecule has 1 aliphatic heterocycles. The molecule has 0 bridgehead atoms. The Morgan fingerprint density at radius 1 is 1.00 bits per heavy atom. The largest absolute Gasteiger partial charge is 0.340 e. The molecule has 2 aromatic carbocycles. The fourth-order valence-corrected chi connectivity index (χ4v) is 3.67. The molecule has 0 saturated carbocycles. The predicted molar refractivity (Wildman–Crippen MR) is 83.9 cm³/mol. The molecule has 0 atom stereocenters. The van der Waals surface area contributed by atoms with Crippen LogP contribution in [0.4, 0.5) is 15.8 Å². The van der Waals surface area contributed by atoms with Crippen molar-refractivity contribution in [3.8, 4) is 0 Å². The predicted octanol–water partition coefficient (Wildman–Crippen LogP) is 5.45. The van der Waals surface area contributed by atoms with Crippen molar-refractivity contribution < 1.29 is 4.39 Å². The number of unbranched alkanes of at least 4 members (excludes halogenated alkanes) is 1. The van der Waals surface area contributed by atoms with Crippen molar-refractivity contribution in [1.29, 1.82) is 0 Å². The lowest BCUT2D eigenvalue weighted by atomic mass is 10.2. The molecule has 4 heteroatoms. The second-order valence-electron chi connectivity index (χ2n) is 4.73. The summed E-state index contributed by atoms with van der Waals surface area (Å²) < 4.78 is 13.6.